The maximum atomic E-state index is 13.0. The van der Waals surface area contributed by atoms with Crippen LogP contribution in [-0.2, 0) is 17.1 Å². The van der Waals surface area contributed by atoms with E-state index in [0.29, 0.717) is 11.3 Å². The van der Waals surface area contributed by atoms with Crippen molar-refractivity contribution in [3.8, 4) is 0 Å². The number of hydrogen-bond acceptors (Lipinski definition) is 4. The van der Waals surface area contributed by atoms with E-state index in [-0.39, 0.29) is 37.0 Å². The number of amides is 1. The lowest BCUT2D eigenvalue weighted by molar-refractivity contribution is 0.0698. The topological polar surface area (TPSA) is 75.5 Å². The summed E-state index contributed by atoms with van der Waals surface area (Å²) in [6.07, 6.45) is 1.49. The van der Waals surface area contributed by atoms with Crippen molar-refractivity contribution in [2.45, 2.75) is 11.8 Å². The molecule has 0 spiro atoms. The molecule has 0 unspecified atom stereocenters. The van der Waals surface area contributed by atoms with E-state index in [1.807, 2.05) is 0 Å². The molecule has 0 radical (unpaired) electrons. The fourth-order valence-corrected chi connectivity index (χ4v) is 4.50. The largest absolute Gasteiger partial charge is 0.336 e. The van der Waals surface area contributed by atoms with Crippen LogP contribution < -0.4 is 0 Å². The summed E-state index contributed by atoms with van der Waals surface area (Å²) in [7, 11) is -1.96. The number of piperazine rings is 1. The molecule has 1 fully saturated rings. The predicted octanol–water partition coefficient (Wildman–Crippen LogP) is 1.01. The van der Waals surface area contributed by atoms with E-state index in [1.54, 1.807) is 18.9 Å². The minimum atomic E-state index is -3.63. The highest BCUT2D eigenvalue weighted by atomic mass is 32.2. The van der Waals surface area contributed by atoms with Crippen molar-refractivity contribution in [1.82, 2.24) is 19.0 Å². The molecule has 0 bridgehead atoms. The number of carbonyl (C=O) groups excluding carboxylic acids is 1. The molecule has 2 heterocycles. The zero-order valence-corrected chi connectivity index (χ0v) is 14.8. The van der Waals surface area contributed by atoms with Crippen LogP contribution in [0.15, 0.2) is 35.4 Å². The lowest BCUT2D eigenvalue weighted by atomic mass is 10.2. The molecule has 1 aromatic heterocycles. The summed E-state index contributed by atoms with van der Waals surface area (Å²) < 4.78 is 41.3. The first-order valence-electron chi connectivity index (χ1n) is 7.84. The van der Waals surface area contributed by atoms with Gasteiger partial charge in [-0.25, -0.2) is 12.8 Å². The Morgan fingerprint density at radius 3 is 2.24 bits per heavy atom. The van der Waals surface area contributed by atoms with E-state index in [0.717, 1.165) is 0 Å². The Kier molecular flexibility index (Phi) is 4.61. The van der Waals surface area contributed by atoms with Crippen molar-refractivity contribution in [1.29, 1.82) is 0 Å². The quantitative estimate of drug-likeness (QED) is 0.813. The van der Waals surface area contributed by atoms with Gasteiger partial charge in [0.15, 0.2) is 0 Å². The Balaban J connectivity index is 1.70. The Bertz CT molecular complexity index is 885. The minimum Gasteiger partial charge on any atom is -0.336 e. The predicted molar refractivity (Wildman–Crippen MR) is 89.0 cm³/mol. The van der Waals surface area contributed by atoms with Crippen molar-refractivity contribution in [3.05, 3.63) is 47.5 Å². The highest BCUT2D eigenvalue weighted by molar-refractivity contribution is 7.89. The van der Waals surface area contributed by atoms with Gasteiger partial charge < -0.3 is 4.90 Å². The van der Waals surface area contributed by atoms with E-state index in [2.05, 4.69) is 5.10 Å². The van der Waals surface area contributed by atoms with Crippen molar-refractivity contribution in [2.24, 2.45) is 7.05 Å². The number of hydrogen-bond donors (Lipinski definition) is 0. The first kappa shape index (κ1) is 17.6. The molecule has 3 rings (SSSR count). The molecule has 1 amide bonds. The highest BCUT2D eigenvalue weighted by Crippen LogP contribution is 2.20. The summed E-state index contributed by atoms with van der Waals surface area (Å²) in [6.45, 7) is 2.65. The summed E-state index contributed by atoms with van der Waals surface area (Å²) in [5.41, 5.74) is 0.841. The van der Waals surface area contributed by atoms with Crippen LogP contribution in [0.2, 0.25) is 0 Å². The van der Waals surface area contributed by atoms with Gasteiger partial charge in [0.2, 0.25) is 10.0 Å². The molecule has 134 valence electrons. The van der Waals surface area contributed by atoms with Crippen LogP contribution in [-0.4, -0.2) is 59.5 Å². The maximum Gasteiger partial charge on any atom is 0.253 e. The van der Waals surface area contributed by atoms with E-state index >= 15 is 0 Å². The molecular weight excluding hydrogens is 347 g/mol. The molecule has 1 saturated heterocycles. The molecule has 25 heavy (non-hydrogen) atoms. The maximum absolute atomic E-state index is 13.0. The third-order valence-electron chi connectivity index (χ3n) is 4.20. The van der Waals surface area contributed by atoms with Gasteiger partial charge in [-0.2, -0.15) is 9.40 Å². The SMILES string of the molecule is Cc1nn(C)cc1S(=O)(=O)N1CCN(C(=O)c2ccc(F)cc2)CC1. The Labute approximate surface area is 145 Å². The molecule has 2 aromatic rings. The summed E-state index contributed by atoms with van der Waals surface area (Å²) in [5, 5.41) is 4.08. The molecule has 0 atom stereocenters. The number of aryl methyl sites for hydroxylation is 2. The van der Waals surface area contributed by atoms with Crippen LogP contribution in [0.4, 0.5) is 4.39 Å². The van der Waals surface area contributed by atoms with Gasteiger partial charge in [0.1, 0.15) is 10.7 Å². The van der Waals surface area contributed by atoms with E-state index in [9.17, 15) is 17.6 Å². The van der Waals surface area contributed by atoms with E-state index in [4.69, 9.17) is 0 Å². The number of nitrogens with zero attached hydrogens (tertiary/aromatic N) is 4. The number of carbonyl (C=O) groups is 1. The zero-order valence-electron chi connectivity index (χ0n) is 14.0. The monoisotopic (exact) mass is 366 g/mol. The first-order chi connectivity index (χ1) is 11.8. The molecule has 7 nitrogen and oxygen atoms in total. The minimum absolute atomic E-state index is 0.188. The zero-order chi connectivity index (χ0) is 18.2. The van der Waals surface area contributed by atoms with Crippen molar-refractivity contribution >= 4 is 15.9 Å². The molecule has 0 aliphatic carbocycles. The molecular formula is C16H19FN4O3S. The van der Waals surface area contributed by atoms with Crippen LogP contribution >= 0.6 is 0 Å². The van der Waals surface area contributed by atoms with Gasteiger partial charge in [0.05, 0.1) is 5.69 Å². The van der Waals surface area contributed by atoms with Crippen molar-refractivity contribution in [3.63, 3.8) is 0 Å². The Morgan fingerprint density at radius 1 is 1.12 bits per heavy atom. The third-order valence-corrected chi connectivity index (χ3v) is 6.20. The Morgan fingerprint density at radius 2 is 1.72 bits per heavy atom. The fourth-order valence-electron chi connectivity index (χ4n) is 2.88. The van der Waals surface area contributed by atoms with Gasteiger partial charge in [-0.05, 0) is 31.2 Å². The average molecular weight is 366 g/mol. The molecule has 0 saturated carbocycles. The van der Waals surface area contributed by atoms with Crippen LogP contribution in [0.3, 0.4) is 0 Å². The smallest absolute Gasteiger partial charge is 0.253 e. The lowest BCUT2D eigenvalue weighted by Gasteiger charge is -2.33. The van der Waals surface area contributed by atoms with Gasteiger partial charge in [0, 0.05) is 45.0 Å². The molecule has 9 heteroatoms. The molecule has 1 aliphatic rings. The number of sulfonamides is 1. The summed E-state index contributed by atoms with van der Waals surface area (Å²) in [6, 6.07) is 5.33. The average Bonchev–Trinajstić information content (AvgIpc) is 2.94. The number of halogens is 1. The third kappa shape index (κ3) is 3.42. The number of rotatable bonds is 3. The first-order valence-corrected chi connectivity index (χ1v) is 9.28. The summed E-state index contributed by atoms with van der Waals surface area (Å²) in [4.78, 5) is 14.2. The fraction of sp³-hybridized carbons (Fsp3) is 0.375. The second-order valence-corrected chi connectivity index (χ2v) is 7.86. The lowest BCUT2D eigenvalue weighted by Crippen LogP contribution is -2.50. The second kappa shape index (κ2) is 6.57. The normalized spacial score (nSPS) is 16.2. The molecule has 1 aliphatic heterocycles. The number of benzene rings is 1. The van der Waals surface area contributed by atoms with Gasteiger partial charge in [-0.3, -0.25) is 9.48 Å². The van der Waals surface area contributed by atoms with E-state index in [1.165, 1.54) is 39.4 Å². The number of aromatic nitrogens is 2. The van der Waals surface area contributed by atoms with Crippen LogP contribution in [0.1, 0.15) is 16.1 Å². The van der Waals surface area contributed by atoms with Gasteiger partial charge in [0.25, 0.3) is 5.91 Å². The van der Waals surface area contributed by atoms with E-state index < -0.39 is 15.8 Å². The van der Waals surface area contributed by atoms with Gasteiger partial charge in [-0.1, -0.05) is 0 Å². The highest BCUT2D eigenvalue weighted by Gasteiger charge is 2.32. The van der Waals surface area contributed by atoms with Crippen molar-refractivity contribution < 1.29 is 17.6 Å². The standard InChI is InChI=1S/C16H19FN4O3S/c1-12-15(11-19(2)18-12)25(23,24)21-9-7-20(8-10-21)16(22)13-3-5-14(17)6-4-13/h3-6,11H,7-10H2,1-2H3. The summed E-state index contributed by atoms with van der Waals surface area (Å²) >= 11 is 0. The Hall–Kier alpha value is -2.26. The molecule has 0 N–H and O–H groups in total. The van der Waals surface area contributed by atoms with Gasteiger partial charge >= 0.3 is 0 Å². The van der Waals surface area contributed by atoms with Crippen molar-refractivity contribution in [2.75, 3.05) is 26.2 Å². The van der Waals surface area contributed by atoms with Crippen LogP contribution in [0, 0.1) is 12.7 Å². The van der Waals surface area contributed by atoms with Crippen LogP contribution in [0.5, 0.6) is 0 Å². The van der Waals surface area contributed by atoms with Crippen LogP contribution in [0.25, 0.3) is 0 Å². The second-order valence-electron chi connectivity index (χ2n) is 5.96. The summed E-state index contributed by atoms with van der Waals surface area (Å²) in [5.74, 6) is -0.631. The molecule has 1 aromatic carbocycles. The van der Waals surface area contributed by atoms with Gasteiger partial charge in [-0.15, -0.1) is 0 Å².